The van der Waals surface area contributed by atoms with E-state index in [1.807, 2.05) is 6.92 Å². The summed E-state index contributed by atoms with van der Waals surface area (Å²) in [4.78, 5) is 10.7. The van der Waals surface area contributed by atoms with E-state index >= 15 is 0 Å². The normalized spacial score (nSPS) is 11.4. The number of hydrogen-bond donors (Lipinski definition) is 0. The van der Waals surface area contributed by atoms with Crippen molar-refractivity contribution in [3.8, 4) is 0 Å². The van der Waals surface area contributed by atoms with Gasteiger partial charge in [0.05, 0.1) is 6.61 Å². The maximum atomic E-state index is 10.7. The number of halogens is 2. The summed E-state index contributed by atoms with van der Waals surface area (Å²) in [6.45, 7) is 2.41. The van der Waals surface area contributed by atoms with Gasteiger partial charge in [-0.2, -0.15) is 0 Å². The van der Waals surface area contributed by atoms with Crippen molar-refractivity contribution in [1.29, 1.82) is 0 Å². The van der Waals surface area contributed by atoms with Crippen molar-refractivity contribution >= 4 is 29.2 Å². The zero-order chi connectivity index (χ0) is 8.69. The van der Waals surface area contributed by atoms with E-state index < -0.39 is 5.97 Å². The lowest BCUT2D eigenvalue weighted by atomic mass is 10.4. The molecule has 4 heteroatoms. The van der Waals surface area contributed by atoms with Gasteiger partial charge in [0, 0.05) is 5.54 Å². The minimum atomic E-state index is -0.560. The van der Waals surface area contributed by atoms with E-state index in [0.29, 0.717) is 6.61 Å². The molecule has 11 heavy (non-hydrogen) atoms. The van der Waals surface area contributed by atoms with Gasteiger partial charge >= 0.3 is 5.97 Å². The number of carbonyl (C=O) groups excluding carboxylic acids is 1. The maximum Gasteiger partial charge on any atom is 0.350 e. The Kier molecular flexibility index (Phi) is 6.37. The van der Waals surface area contributed by atoms with Crippen LogP contribution in [0.5, 0.6) is 0 Å². The van der Waals surface area contributed by atoms with E-state index in [-0.39, 0.29) is 5.03 Å². The maximum absolute atomic E-state index is 10.7. The van der Waals surface area contributed by atoms with Crippen LogP contribution in [0.1, 0.15) is 19.8 Å². The molecule has 0 spiro atoms. The second kappa shape index (κ2) is 6.50. The fraction of sp³-hybridized carbons (Fsp3) is 0.571. The van der Waals surface area contributed by atoms with Gasteiger partial charge in [0.2, 0.25) is 0 Å². The minimum Gasteiger partial charge on any atom is -0.461 e. The molecule has 0 aliphatic rings. The number of ether oxygens (including phenoxy) is 1. The Labute approximate surface area is 76.1 Å². The molecule has 0 fully saturated rings. The van der Waals surface area contributed by atoms with Crippen molar-refractivity contribution in [2.75, 3.05) is 6.61 Å². The fourth-order valence-electron chi connectivity index (χ4n) is 0.423. The third-order valence-electron chi connectivity index (χ3n) is 1.02. The molecular formula is C7H10Cl2O2. The summed E-state index contributed by atoms with van der Waals surface area (Å²) in [5, 5.41) is -0.0808. The van der Waals surface area contributed by atoms with E-state index in [4.69, 9.17) is 27.9 Å². The third-order valence-corrected chi connectivity index (χ3v) is 1.62. The Bertz CT molecular complexity index is 155. The molecule has 0 aliphatic carbocycles. The first kappa shape index (κ1) is 10.8. The standard InChI is InChI=1S/C7H10Cl2O2/c1-2-3-4-11-7(10)6(9)5-8/h5H,2-4H2,1H3/b6-5-. The number of esters is 1. The van der Waals surface area contributed by atoms with E-state index in [0.717, 1.165) is 18.4 Å². The lowest BCUT2D eigenvalue weighted by Gasteiger charge is -2.00. The van der Waals surface area contributed by atoms with Gasteiger partial charge < -0.3 is 4.74 Å². The Morgan fingerprint density at radius 3 is 2.73 bits per heavy atom. The van der Waals surface area contributed by atoms with Gasteiger partial charge in [-0.25, -0.2) is 4.79 Å². The molecule has 0 amide bonds. The van der Waals surface area contributed by atoms with Crippen molar-refractivity contribution < 1.29 is 9.53 Å². The molecule has 64 valence electrons. The largest absolute Gasteiger partial charge is 0.461 e. The van der Waals surface area contributed by atoms with E-state index in [1.165, 1.54) is 0 Å². The molecule has 0 aromatic carbocycles. The van der Waals surface area contributed by atoms with Crippen LogP contribution in [0.4, 0.5) is 0 Å². The summed E-state index contributed by atoms with van der Waals surface area (Å²) >= 11 is 10.5. The number of hydrogen-bond acceptors (Lipinski definition) is 2. The Hall–Kier alpha value is -0.210. The van der Waals surface area contributed by atoms with Gasteiger partial charge in [0.15, 0.2) is 0 Å². The van der Waals surface area contributed by atoms with Crippen LogP contribution >= 0.6 is 23.2 Å². The lowest BCUT2D eigenvalue weighted by Crippen LogP contribution is -2.04. The summed E-state index contributed by atoms with van der Waals surface area (Å²) in [5.41, 5.74) is 0.996. The van der Waals surface area contributed by atoms with Crippen LogP contribution in [0, 0.1) is 0 Å². The molecule has 0 aromatic heterocycles. The van der Waals surface area contributed by atoms with E-state index in [1.54, 1.807) is 0 Å². The highest BCUT2D eigenvalue weighted by Crippen LogP contribution is 2.05. The summed E-state index contributed by atoms with van der Waals surface area (Å²) in [6.07, 6.45) is 1.83. The number of rotatable bonds is 4. The molecule has 0 heterocycles. The zero-order valence-corrected chi connectivity index (χ0v) is 7.78. The summed E-state index contributed by atoms with van der Waals surface area (Å²) in [6, 6.07) is 0. The molecule has 0 unspecified atom stereocenters. The molecule has 0 saturated heterocycles. The van der Waals surface area contributed by atoms with Crippen molar-refractivity contribution in [2.24, 2.45) is 0 Å². The second-order valence-corrected chi connectivity index (χ2v) is 2.57. The fourth-order valence-corrected chi connectivity index (χ4v) is 0.566. The monoisotopic (exact) mass is 196 g/mol. The third kappa shape index (κ3) is 5.10. The van der Waals surface area contributed by atoms with Crippen LogP contribution < -0.4 is 0 Å². The van der Waals surface area contributed by atoms with Crippen molar-refractivity contribution in [1.82, 2.24) is 0 Å². The molecule has 0 N–H and O–H groups in total. The topological polar surface area (TPSA) is 26.3 Å². The van der Waals surface area contributed by atoms with Crippen LogP contribution in [0.2, 0.25) is 0 Å². The minimum absolute atomic E-state index is 0.0808. The molecule has 0 bridgehead atoms. The first-order valence-electron chi connectivity index (χ1n) is 3.35. The van der Waals surface area contributed by atoms with Crippen molar-refractivity contribution in [3.63, 3.8) is 0 Å². The summed E-state index contributed by atoms with van der Waals surface area (Å²) in [5.74, 6) is -0.560. The molecule has 0 rings (SSSR count). The number of carbonyl (C=O) groups is 1. The molecule has 0 saturated carbocycles. The van der Waals surface area contributed by atoms with Crippen LogP contribution in [-0.4, -0.2) is 12.6 Å². The smallest absolute Gasteiger partial charge is 0.350 e. The van der Waals surface area contributed by atoms with E-state index in [2.05, 4.69) is 0 Å². The predicted octanol–water partition coefficient (Wildman–Crippen LogP) is 2.65. The molecule has 0 aliphatic heterocycles. The first-order valence-corrected chi connectivity index (χ1v) is 4.16. The van der Waals surface area contributed by atoms with Crippen LogP contribution in [0.3, 0.4) is 0 Å². The summed E-state index contributed by atoms with van der Waals surface area (Å²) in [7, 11) is 0. The number of unbranched alkanes of at least 4 members (excludes halogenated alkanes) is 1. The van der Waals surface area contributed by atoms with Gasteiger partial charge in [-0.15, -0.1) is 0 Å². The van der Waals surface area contributed by atoms with Gasteiger partial charge in [-0.05, 0) is 6.42 Å². The molecule has 0 atom stereocenters. The predicted molar refractivity (Wildman–Crippen MR) is 45.7 cm³/mol. The van der Waals surface area contributed by atoms with Gasteiger partial charge in [-0.1, -0.05) is 36.5 Å². The van der Waals surface area contributed by atoms with Gasteiger partial charge in [0.25, 0.3) is 0 Å². The molecule has 0 radical (unpaired) electrons. The van der Waals surface area contributed by atoms with Crippen molar-refractivity contribution in [2.45, 2.75) is 19.8 Å². The summed E-state index contributed by atoms with van der Waals surface area (Å²) < 4.78 is 4.71. The highest BCUT2D eigenvalue weighted by atomic mass is 35.5. The molecule has 0 aromatic rings. The quantitative estimate of drug-likeness (QED) is 0.393. The highest BCUT2D eigenvalue weighted by Gasteiger charge is 2.05. The Balaban J connectivity index is 3.53. The van der Waals surface area contributed by atoms with E-state index in [9.17, 15) is 4.79 Å². The van der Waals surface area contributed by atoms with Crippen LogP contribution in [-0.2, 0) is 9.53 Å². The highest BCUT2D eigenvalue weighted by molar-refractivity contribution is 6.45. The Morgan fingerprint density at radius 1 is 1.64 bits per heavy atom. The SMILES string of the molecule is CCCCOC(=O)/C(Cl)=C/Cl. The second-order valence-electron chi connectivity index (χ2n) is 1.95. The van der Waals surface area contributed by atoms with Crippen molar-refractivity contribution in [3.05, 3.63) is 10.6 Å². The zero-order valence-electron chi connectivity index (χ0n) is 6.27. The average Bonchev–Trinajstić information content (AvgIpc) is 2.03. The van der Waals surface area contributed by atoms with Crippen LogP contribution in [0.25, 0.3) is 0 Å². The Morgan fingerprint density at radius 2 is 2.27 bits per heavy atom. The van der Waals surface area contributed by atoms with Gasteiger partial charge in [0.1, 0.15) is 5.03 Å². The first-order chi connectivity index (χ1) is 5.22. The van der Waals surface area contributed by atoms with Gasteiger partial charge in [-0.3, -0.25) is 0 Å². The average molecular weight is 197 g/mol. The molecule has 2 nitrogen and oxygen atoms in total. The lowest BCUT2D eigenvalue weighted by molar-refractivity contribution is -0.138. The molecular weight excluding hydrogens is 187 g/mol. The van der Waals surface area contributed by atoms with Crippen LogP contribution in [0.15, 0.2) is 10.6 Å².